The molecule has 0 aliphatic carbocycles. The zero-order chi connectivity index (χ0) is 20.2. The van der Waals surface area contributed by atoms with Crippen molar-refractivity contribution in [3.8, 4) is 11.3 Å². The fourth-order valence-electron chi connectivity index (χ4n) is 2.64. The van der Waals surface area contributed by atoms with Crippen molar-refractivity contribution in [3.63, 3.8) is 0 Å². The van der Waals surface area contributed by atoms with E-state index in [1.807, 2.05) is 18.2 Å². The number of ether oxygens (including phenoxy) is 1. The Morgan fingerprint density at radius 1 is 1.10 bits per heavy atom. The van der Waals surface area contributed by atoms with Crippen LogP contribution in [-0.2, 0) is 16.1 Å². The van der Waals surface area contributed by atoms with Gasteiger partial charge in [0, 0.05) is 16.8 Å². The van der Waals surface area contributed by atoms with Crippen LogP contribution >= 0.6 is 11.6 Å². The molecule has 1 amide bonds. The minimum absolute atomic E-state index is 0.177. The maximum absolute atomic E-state index is 12.1. The number of amides is 1. The lowest BCUT2D eigenvalue weighted by Gasteiger charge is -2.06. The molecule has 4 aromatic rings. The van der Waals surface area contributed by atoms with Gasteiger partial charge in [-0.25, -0.2) is 4.79 Å². The number of rotatable bonds is 6. The van der Waals surface area contributed by atoms with E-state index in [4.69, 9.17) is 20.8 Å². The summed E-state index contributed by atoms with van der Waals surface area (Å²) in [4.78, 5) is 24.1. The first-order chi connectivity index (χ1) is 14.1. The monoisotopic (exact) mass is 410 g/mol. The highest BCUT2D eigenvalue weighted by Crippen LogP contribution is 2.23. The number of aromatic nitrogens is 3. The molecule has 0 aliphatic rings. The maximum Gasteiger partial charge on any atom is 0.340 e. The first-order valence-corrected chi connectivity index (χ1v) is 9.04. The number of pyridine rings is 1. The number of nitrogens with one attached hydrogen (secondary N) is 1. The van der Waals surface area contributed by atoms with Crippen molar-refractivity contribution >= 4 is 29.1 Å². The van der Waals surface area contributed by atoms with E-state index < -0.39 is 18.5 Å². The molecule has 0 spiro atoms. The third kappa shape index (κ3) is 4.44. The Labute approximate surface area is 170 Å². The highest BCUT2D eigenvalue weighted by molar-refractivity contribution is 6.30. The van der Waals surface area contributed by atoms with Crippen molar-refractivity contribution < 1.29 is 18.7 Å². The summed E-state index contributed by atoms with van der Waals surface area (Å²) in [5.41, 5.74) is 1.78. The second-order valence-corrected chi connectivity index (χ2v) is 6.58. The third-order valence-corrected chi connectivity index (χ3v) is 4.36. The van der Waals surface area contributed by atoms with Gasteiger partial charge in [0.15, 0.2) is 12.3 Å². The van der Waals surface area contributed by atoms with Gasteiger partial charge in [-0.1, -0.05) is 11.6 Å². The maximum atomic E-state index is 12.1. The number of halogens is 1. The SMILES string of the molecule is O=C(COC(=O)c1ccc2nncn2c1)NCc1ccc(-c2ccc(Cl)cc2)o1. The van der Waals surface area contributed by atoms with E-state index in [-0.39, 0.29) is 6.54 Å². The molecule has 1 aromatic carbocycles. The highest BCUT2D eigenvalue weighted by atomic mass is 35.5. The number of nitrogens with zero attached hydrogens (tertiary/aromatic N) is 3. The number of benzene rings is 1. The van der Waals surface area contributed by atoms with Crippen molar-refractivity contribution in [2.75, 3.05) is 6.61 Å². The molecule has 3 aromatic heterocycles. The van der Waals surface area contributed by atoms with Crippen LogP contribution in [0, 0.1) is 0 Å². The van der Waals surface area contributed by atoms with E-state index in [2.05, 4.69) is 15.5 Å². The average Bonchev–Trinajstić information content (AvgIpc) is 3.40. The number of esters is 1. The quantitative estimate of drug-likeness (QED) is 0.490. The average molecular weight is 411 g/mol. The summed E-state index contributed by atoms with van der Waals surface area (Å²) in [5, 5.41) is 10.9. The third-order valence-electron chi connectivity index (χ3n) is 4.11. The molecular weight excluding hydrogens is 396 g/mol. The van der Waals surface area contributed by atoms with Gasteiger partial charge in [0.2, 0.25) is 0 Å². The zero-order valence-corrected chi connectivity index (χ0v) is 15.8. The van der Waals surface area contributed by atoms with Crippen LogP contribution in [0.15, 0.2) is 65.5 Å². The fraction of sp³-hybridized carbons (Fsp3) is 0.100. The van der Waals surface area contributed by atoms with Crippen molar-refractivity contribution in [2.24, 2.45) is 0 Å². The number of carbonyl (C=O) groups is 2. The van der Waals surface area contributed by atoms with Crippen molar-refractivity contribution in [1.82, 2.24) is 19.9 Å². The Bertz CT molecular complexity index is 1170. The smallest absolute Gasteiger partial charge is 0.340 e. The molecule has 9 heteroatoms. The molecular formula is C20H15ClN4O4. The zero-order valence-electron chi connectivity index (χ0n) is 15.0. The van der Waals surface area contributed by atoms with Crippen LogP contribution in [0.25, 0.3) is 17.0 Å². The van der Waals surface area contributed by atoms with E-state index in [9.17, 15) is 9.59 Å². The van der Waals surface area contributed by atoms with Crippen LogP contribution < -0.4 is 5.32 Å². The largest absolute Gasteiger partial charge is 0.459 e. The molecule has 1 N–H and O–H groups in total. The van der Waals surface area contributed by atoms with Crippen LogP contribution in [0.1, 0.15) is 16.1 Å². The van der Waals surface area contributed by atoms with E-state index in [0.29, 0.717) is 27.8 Å². The molecule has 0 atom stereocenters. The van der Waals surface area contributed by atoms with Crippen LogP contribution in [0.3, 0.4) is 0 Å². The molecule has 3 heterocycles. The minimum atomic E-state index is -0.612. The van der Waals surface area contributed by atoms with Gasteiger partial charge in [-0.05, 0) is 48.5 Å². The number of fused-ring (bicyclic) bond motifs is 1. The minimum Gasteiger partial charge on any atom is -0.459 e. The summed E-state index contributed by atoms with van der Waals surface area (Å²) in [7, 11) is 0. The van der Waals surface area contributed by atoms with Gasteiger partial charge in [-0.2, -0.15) is 0 Å². The van der Waals surface area contributed by atoms with Gasteiger partial charge < -0.3 is 14.5 Å². The Morgan fingerprint density at radius 2 is 1.93 bits per heavy atom. The first-order valence-electron chi connectivity index (χ1n) is 8.66. The Hall–Kier alpha value is -3.65. The van der Waals surface area contributed by atoms with Crippen molar-refractivity contribution in [2.45, 2.75) is 6.54 Å². The van der Waals surface area contributed by atoms with Crippen molar-refractivity contribution in [1.29, 1.82) is 0 Å². The Kier molecular flexibility index (Phi) is 5.26. The summed E-state index contributed by atoms with van der Waals surface area (Å²) in [5.74, 6) is 0.196. The molecule has 8 nitrogen and oxygen atoms in total. The van der Waals surface area contributed by atoms with Crippen LogP contribution in [0.2, 0.25) is 5.02 Å². The van der Waals surface area contributed by atoms with Gasteiger partial charge in [0.1, 0.15) is 17.8 Å². The lowest BCUT2D eigenvalue weighted by molar-refractivity contribution is -0.124. The van der Waals surface area contributed by atoms with Gasteiger partial charge in [-0.15, -0.1) is 10.2 Å². The number of carbonyl (C=O) groups excluding carboxylic acids is 2. The topological polar surface area (TPSA) is 98.7 Å². The molecule has 0 fully saturated rings. The molecule has 0 radical (unpaired) electrons. The second-order valence-electron chi connectivity index (χ2n) is 6.14. The van der Waals surface area contributed by atoms with Crippen LogP contribution in [0.5, 0.6) is 0 Å². The summed E-state index contributed by atoms with van der Waals surface area (Å²) < 4.78 is 12.3. The molecule has 0 bridgehead atoms. The van der Waals surface area contributed by atoms with E-state index in [0.717, 1.165) is 5.56 Å². The fourth-order valence-corrected chi connectivity index (χ4v) is 2.77. The predicted molar refractivity (Wildman–Crippen MR) is 104 cm³/mol. The van der Waals surface area contributed by atoms with E-state index in [1.165, 1.54) is 12.5 Å². The van der Waals surface area contributed by atoms with Crippen molar-refractivity contribution in [3.05, 3.63) is 77.4 Å². The van der Waals surface area contributed by atoms with E-state index >= 15 is 0 Å². The highest BCUT2D eigenvalue weighted by Gasteiger charge is 2.12. The van der Waals surface area contributed by atoms with Gasteiger partial charge in [0.05, 0.1) is 12.1 Å². The lowest BCUT2D eigenvalue weighted by atomic mass is 10.2. The Morgan fingerprint density at radius 3 is 2.76 bits per heavy atom. The molecule has 0 saturated carbocycles. The van der Waals surface area contributed by atoms with Crippen LogP contribution in [0.4, 0.5) is 0 Å². The van der Waals surface area contributed by atoms with Crippen LogP contribution in [-0.4, -0.2) is 33.1 Å². The normalized spacial score (nSPS) is 10.8. The second kappa shape index (κ2) is 8.15. The van der Waals surface area contributed by atoms with Gasteiger partial charge >= 0.3 is 5.97 Å². The molecule has 4 rings (SSSR count). The van der Waals surface area contributed by atoms with E-state index in [1.54, 1.807) is 34.7 Å². The first kappa shape index (κ1) is 18.7. The number of hydrogen-bond donors (Lipinski definition) is 1. The molecule has 146 valence electrons. The lowest BCUT2D eigenvalue weighted by Crippen LogP contribution is -2.28. The van der Waals surface area contributed by atoms with Gasteiger partial charge in [0.25, 0.3) is 5.91 Å². The molecule has 0 unspecified atom stereocenters. The summed E-state index contributed by atoms with van der Waals surface area (Å²) in [6.07, 6.45) is 3.01. The number of furan rings is 1. The Balaban J connectivity index is 1.27. The standard InChI is InChI=1S/C20H15ClN4O4/c21-15-4-1-13(2-5-15)17-7-6-16(29-17)9-22-19(26)11-28-20(27)14-3-8-18-24-23-12-25(18)10-14/h1-8,10,12H,9,11H2,(H,22,26). The summed E-state index contributed by atoms with van der Waals surface area (Å²) in [6.45, 7) is -0.222. The molecule has 29 heavy (non-hydrogen) atoms. The van der Waals surface area contributed by atoms with Gasteiger partial charge in [-0.3, -0.25) is 9.20 Å². The number of hydrogen-bond acceptors (Lipinski definition) is 6. The predicted octanol–water partition coefficient (Wildman–Crippen LogP) is 3.12. The molecule has 0 saturated heterocycles. The summed E-state index contributed by atoms with van der Waals surface area (Å²) >= 11 is 5.88. The summed E-state index contributed by atoms with van der Waals surface area (Å²) in [6, 6.07) is 14.0. The molecule has 0 aliphatic heterocycles.